The predicted molar refractivity (Wildman–Crippen MR) is 40.1 cm³/mol. The predicted octanol–water partition coefficient (Wildman–Crippen LogP) is -0.682. The molecule has 0 heterocycles. The van der Waals surface area contributed by atoms with Crippen LogP contribution in [-0.4, -0.2) is 39.7 Å². The van der Waals surface area contributed by atoms with Crippen LogP contribution in [0.2, 0.25) is 0 Å². The average molecular weight is 171 g/mol. The van der Waals surface area contributed by atoms with Crippen molar-refractivity contribution in [3.8, 4) is 0 Å². The largest absolute Gasteiger partial charge is 0.390 e. The molecule has 0 aromatic carbocycles. The molecule has 0 bridgehead atoms. The van der Waals surface area contributed by atoms with Crippen LogP contribution in [0.1, 0.15) is 0 Å². The standard InChI is InChI=1S/C6H9N3O3/c7-9-8-3-1-2-4(10)6(12)5(3)11/h1-6,10-12H/t3-,4+,5+,6+/m0/s1. The number of nitrogens with zero attached hydrogens (tertiary/aromatic N) is 3. The zero-order chi connectivity index (χ0) is 9.14. The van der Waals surface area contributed by atoms with Crippen molar-refractivity contribution in [2.45, 2.75) is 24.4 Å². The number of rotatable bonds is 1. The molecule has 0 radical (unpaired) electrons. The summed E-state index contributed by atoms with van der Waals surface area (Å²) in [4.78, 5) is 2.49. The third kappa shape index (κ3) is 1.57. The highest BCUT2D eigenvalue weighted by atomic mass is 16.4. The average Bonchev–Trinajstić information content (AvgIpc) is 2.07. The lowest BCUT2D eigenvalue weighted by atomic mass is 9.95. The zero-order valence-corrected chi connectivity index (χ0v) is 6.15. The van der Waals surface area contributed by atoms with Gasteiger partial charge in [0.2, 0.25) is 0 Å². The van der Waals surface area contributed by atoms with Crippen molar-refractivity contribution >= 4 is 0 Å². The van der Waals surface area contributed by atoms with Gasteiger partial charge in [-0.15, -0.1) is 0 Å². The van der Waals surface area contributed by atoms with Gasteiger partial charge in [0.1, 0.15) is 12.2 Å². The molecule has 0 aliphatic heterocycles. The Labute approximate surface area is 68.4 Å². The molecule has 1 aliphatic rings. The van der Waals surface area contributed by atoms with Gasteiger partial charge in [0.25, 0.3) is 0 Å². The first kappa shape index (κ1) is 9.02. The van der Waals surface area contributed by atoms with Crippen LogP contribution in [0.15, 0.2) is 17.3 Å². The fourth-order valence-electron chi connectivity index (χ4n) is 1.03. The molecular weight excluding hydrogens is 162 g/mol. The van der Waals surface area contributed by atoms with Gasteiger partial charge in [0, 0.05) is 4.91 Å². The molecule has 66 valence electrons. The Bertz CT molecular complexity index is 236. The van der Waals surface area contributed by atoms with E-state index in [1.54, 1.807) is 0 Å². The number of hydrogen-bond donors (Lipinski definition) is 3. The molecule has 0 spiro atoms. The third-order valence-electron chi connectivity index (χ3n) is 1.74. The second-order valence-electron chi connectivity index (χ2n) is 2.55. The summed E-state index contributed by atoms with van der Waals surface area (Å²) in [7, 11) is 0. The highest BCUT2D eigenvalue weighted by Gasteiger charge is 2.31. The van der Waals surface area contributed by atoms with Crippen molar-refractivity contribution in [2.24, 2.45) is 5.11 Å². The van der Waals surface area contributed by atoms with Gasteiger partial charge in [-0.3, -0.25) is 0 Å². The maximum Gasteiger partial charge on any atom is 0.110 e. The van der Waals surface area contributed by atoms with Gasteiger partial charge in [0.15, 0.2) is 0 Å². The molecule has 0 unspecified atom stereocenters. The Hall–Kier alpha value is -1.07. The minimum absolute atomic E-state index is 0.798. The zero-order valence-electron chi connectivity index (χ0n) is 6.15. The first-order valence-corrected chi connectivity index (χ1v) is 3.43. The molecule has 0 saturated carbocycles. The van der Waals surface area contributed by atoms with E-state index in [2.05, 4.69) is 10.0 Å². The lowest BCUT2D eigenvalue weighted by Crippen LogP contribution is -2.45. The second-order valence-corrected chi connectivity index (χ2v) is 2.55. The van der Waals surface area contributed by atoms with Gasteiger partial charge in [0.05, 0.1) is 12.1 Å². The van der Waals surface area contributed by atoms with E-state index in [-0.39, 0.29) is 0 Å². The summed E-state index contributed by atoms with van der Waals surface area (Å²) in [5.41, 5.74) is 8.06. The van der Waals surface area contributed by atoms with Crippen molar-refractivity contribution in [3.63, 3.8) is 0 Å². The summed E-state index contributed by atoms with van der Waals surface area (Å²) in [5, 5.41) is 30.5. The molecule has 0 fully saturated rings. The van der Waals surface area contributed by atoms with Crippen LogP contribution < -0.4 is 0 Å². The molecule has 1 aliphatic carbocycles. The Morgan fingerprint density at radius 2 is 1.83 bits per heavy atom. The van der Waals surface area contributed by atoms with Crippen LogP contribution in [0.3, 0.4) is 0 Å². The van der Waals surface area contributed by atoms with Crippen molar-refractivity contribution < 1.29 is 15.3 Å². The Morgan fingerprint density at radius 1 is 1.17 bits per heavy atom. The Balaban J connectivity index is 2.80. The summed E-state index contributed by atoms with van der Waals surface area (Å²) >= 11 is 0. The fraction of sp³-hybridized carbons (Fsp3) is 0.667. The molecular formula is C6H9N3O3. The van der Waals surface area contributed by atoms with E-state index < -0.39 is 24.4 Å². The molecule has 1 rings (SSSR count). The van der Waals surface area contributed by atoms with Crippen molar-refractivity contribution in [1.82, 2.24) is 0 Å². The van der Waals surface area contributed by atoms with Crippen molar-refractivity contribution in [1.29, 1.82) is 0 Å². The van der Waals surface area contributed by atoms with E-state index in [9.17, 15) is 5.11 Å². The van der Waals surface area contributed by atoms with Crippen LogP contribution in [-0.2, 0) is 0 Å². The normalized spacial score (nSPS) is 40.6. The van der Waals surface area contributed by atoms with Crippen LogP contribution in [0.4, 0.5) is 0 Å². The summed E-state index contributed by atoms with van der Waals surface area (Å²) in [6.07, 6.45) is -0.963. The highest BCUT2D eigenvalue weighted by Crippen LogP contribution is 2.16. The highest BCUT2D eigenvalue weighted by molar-refractivity contribution is 5.10. The SMILES string of the molecule is [N-]=[N+]=N[C@H]1C=C[C@@H](O)[C@@H](O)[C@@H]1O. The van der Waals surface area contributed by atoms with E-state index >= 15 is 0 Å². The lowest BCUT2D eigenvalue weighted by Gasteiger charge is -2.27. The maximum absolute atomic E-state index is 9.21. The van der Waals surface area contributed by atoms with Gasteiger partial charge < -0.3 is 15.3 Å². The van der Waals surface area contributed by atoms with Gasteiger partial charge in [-0.1, -0.05) is 17.3 Å². The van der Waals surface area contributed by atoms with Crippen LogP contribution >= 0.6 is 0 Å². The number of azide groups is 1. The molecule has 0 aromatic rings. The topological polar surface area (TPSA) is 109 Å². The second kappa shape index (κ2) is 3.55. The molecule has 0 aromatic heterocycles. The molecule has 0 amide bonds. The fourth-order valence-corrected chi connectivity index (χ4v) is 1.03. The summed E-state index contributed by atoms with van der Waals surface area (Å²) in [5.74, 6) is 0. The first-order chi connectivity index (χ1) is 5.66. The minimum atomic E-state index is -1.29. The summed E-state index contributed by atoms with van der Waals surface area (Å²) in [6.45, 7) is 0. The quantitative estimate of drug-likeness (QED) is 0.210. The molecule has 3 N–H and O–H groups in total. The summed E-state index contributed by atoms with van der Waals surface area (Å²) in [6, 6.07) is -0.798. The van der Waals surface area contributed by atoms with Gasteiger partial charge in [-0.25, -0.2) is 0 Å². The van der Waals surface area contributed by atoms with Crippen LogP contribution in [0.5, 0.6) is 0 Å². The molecule has 0 saturated heterocycles. The minimum Gasteiger partial charge on any atom is -0.390 e. The lowest BCUT2D eigenvalue weighted by molar-refractivity contribution is -0.0517. The number of hydrogen-bond acceptors (Lipinski definition) is 4. The molecule has 6 nitrogen and oxygen atoms in total. The summed E-state index contributed by atoms with van der Waals surface area (Å²) < 4.78 is 0. The number of aliphatic hydroxyl groups is 3. The number of aliphatic hydroxyl groups excluding tert-OH is 3. The van der Waals surface area contributed by atoms with E-state index in [1.165, 1.54) is 12.2 Å². The van der Waals surface area contributed by atoms with E-state index in [0.717, 1.165) is 0 Å². The Kier molecular flexibility index (Phi) is 2.67. The molecule has 6 heteroatoms. The first-order valence-electron chi connectivity index (χ1n) is 3.43. The molecule has 12 heavy (non-hydrogen) atoms. The van der Waals surface area contributed by atoms with E-state index in [1.807, 2.05) is 0 Å². The Morgan fingerprint density at radius 3 is 2.42 bits per heavy atom. The van der Waals surface area contributed by atoms with Gasteiger partial charge in [-0.2, -0.15) is 0 Å². The van der Waals surface area contributed by atoms with E-state index in [0.29, 0.717) is 0 Å². The van der Waals surface area contributed by atoms with Crippen LogP contribution in [0.25, 0.3) is 10.4 Å². The maximum atomic E-state index is 9.21. The van der Waals surface area contributed by atoms with E-state index in [4.69, 9.17) is 15.7 Å². The monoisotopic (exact) mass is 171 g/mol. The smallest absolute Gasteiger partial charge is 0.110 e. The van der Waals surface area contributed by atoms with Crippen molar-refractivity contribution in [2.75, 3.05) is 0 Å². The molecule has 4 atom stereocenters. The third-order valence-corrected chi connectivity index (χ3v) is 1.74. The van der Waals surface area contributed by atoms with Gasteiger partial charge in [-0.05, 0) is 5.53 Å². The van der Waals surface area contributed by atoms with Crippen molar-refractivity contribution in [3.05, 3.63) is 22.6 Å². The van der Waals surface area contributed by atoms with Crippen LogP contribution in [0, 0.1) is 0 Å². The van der Waals surface area contributed by atoms with Gasteiger partial charge >= 0.3 is 0 Å².